The highest BCUT2D eigenvalue weighted by Crippen LogP contribution is 2.28. The summed E-state index contributed by atoms with van der Waals surface area (Å²) in [6, 6.07) is 13.3. The first-order valence-electron chi connectivity index (χ1n) is 10.7. The zero-order valence-corrected chi connectivity index (χ0v) is 19.3. The summed E-state index contributed by atoms with van der Waals surface area (Å²) in [6.45, 7) is 4.20. The molecule has 2 N–H and O–H groups in total. The lowest BCUT2D eigenvalue weighted by molar-refractivity contribution is -0.128. The number of benzene rings is 1. The van der Waals surface area contributed by atoms with Crippen molar-refractivity contribution in [2.75, 3.05) is 11.9 Å². The Morgan fingerprint density at radius 3 is 2.70 bits per heavy atom. The second-order valence-electron chi connectivity index (χ2n) is 8.07. The van der Waals surface area contributed by atoms with Crippen LogP contribution in [-0.2, 0) is 20.9 Å². The van der Waals surface area contributed by atoms with E-state index in [2.05, 4.69) is 20.6 Å². The van der Waals surface area contributed by atoms with E-state index in [0.717, 1.165) is 22.5 Å². The molecule has 33 heavy (non-hydrogen) atoms. The van der Waals surface area contributed by atoms with Crippen molar-refractivity contribution in [2.24, 2.45) is 5.92 Å². The number of amides is 3. The highest BCUT2D eigenvalue weighted by molar-refractivity contribution is 7.14. The summed E-state index contributed by atoms with van der Waals surface area (Å²) in [7, 11) is 0. The smallest absolute Gasteiger partial charge is 0.231 e. The Morgan fingerprint density at radius 1 is 1.21 bits per heavy atom. The van der Waals surface area contributed by atoms with Gasteiger partial charge in [-0.1, -0.05) is 30.3 Å². The largest absolute Gasteiger partial charge is 0.350 e. The van der Waals surface area contributed by atoms with Crippen LogP contribution in [0.15, 0.2) is 54.0 Å². The van der Waals surface area contributed by atoms with Crippen molar-refractivity contribution < 1.29 is 14.4 Å². The number of anilines is 1. The summed E-state index contributed by atoms with van der Waals surface area (Å²) >= 11 is 1.35. The van der Waals surface area contributed by atoms with Gasteiger partial charge in [0.05, 0.1) is 29.9 Å². The highest BCUT2D eigenvalue weighted by atomic mass is 32.1. The number of hydrogen-bond donors (Lipinski definition) is 2. The first-order valence-corrected chi connectivity index (χ1v) is 11.6. The van der Waals surface area contributed by atoms with Gasteiger partial charge in [-0.2, -0.15) is 0 Å². The number of pyridine rings is 1. The molecular weight excluding hydrogens is 438 g/mol. The minimum Gasteiger partial charge on any atom is -0.350 e. The predicted octanol–water partition coefficient (Wildman–Crippen LogP) is 3.39. The first-order chi connectivity index (χ1) is 15.9. The zero-order chi connectivity index (χ0) is 23.4. The lowest BCUT2D eigenvalue weighted by atomic mass is 10.1. The molecule has 0 bridgehead atoms. The monoisotopic (exact) mass is 463 g/mol. The molecule has 2 aromatic heterocycles. The minimum absolute atomic E-state index is 0.0470. The van der Waals surface area contributed by atoms with Crippen LogP contribution in [0.2, 0.25) is 0 Å². The van der Waals surface area contributed by atoms with Gasteiger partial charge in [0.1, 0.15) is 0 Å². The van der Waals surface area contributed by atoms with E-state index in [9.17, 15) is 14.4 Å². The van der Waals surface area contributed by atoms with Gasteiger partial charge in [0.2, 0.25) is 17.7 Å². The molecule has 1 aliphatic rings. The number of aromatic nitrogens is 2. The maximum atomic E-state index is 12.7. The Morgan fingerprint density at radius 2 is 2.00 bits per heavy atom. The van der Waals surface area contributed by atoms with Crippen LogP contribution in [0.3, 0.4) is 0 Å². The van der Waals surface area contributed by atoms with Crippen molar-refractivity contribution in [1.82, 2.24) is 20.2 Å². The van der Waals surface area contributed by atoms with E-state index in [4.69, 9.17) is 0 Å². The van der Waals surface area contributed by atoms with Crippen LogP contribution in [0.5, 0.6) is 0 Å². The zero-order valence-electron chi connectivity index (χ0n) is 18.4. The standard InChI is InChI=1S/C24H25N5O3S/c1-15(26-16(2)30)17-6-8-18(9-7-17)21-14-33-24(27-21)28-23(32)19-11-22(31)29(12-19)13-20-5-3-4-10-25-20/h3-10,14-15,19H,11-13H2,1-2H3,(H,26,30)(H,27,28,32). The van der Waals surface area contributed by atoms with Crippen LogP contribution in [-0.4, -0.2) is 39.1 Å². The summed E-state index contributed by atoms with van der Waals surface area (Å²) in [4.78, 5) is 46.8. The molecule has 3 amide bonds. The molecule has 3 aromatic rings. The molecule has 1 saturated heterocycles. The molecular formula is C24H25N5O3S. The summed E-state index contributed by atoms with van der Waals surface area (Å²) in [6.07, 6.45) is 1.88. The summed E-state index contributed by atoms with van der Waals surface area (Å²) in [5.74, 6) is -0.736. The van der Waals surface area contributed by atoms with Gasteiger partial charge < -0.3 is 15.5 Å². The Bertz CT molecular complexity index is 1150. The van der Waals surface area contributed by atoms with Gasteiger partial charge in [-0.3, -0.25) is 19.4 Å². The Hall–Kier alpha value is -3.59. The molecule has 2 unspecified atom stereocenters. The number of carbonyl (C=O) groups is 3. The summed E-state index contributed by atoms with van der Waals surface area (Å²) in [5, 5.41) is 8.10. The van der Waals surface area contributed by atoms with E-state index >= 15 is 0 Å². The quantitative estimate of drug-likeness (QED) is 0.559. The number of thiazole rings is 1. The number of rotatable bonds is 7. The molecule has 0 radical (unpaired) electrons. The highest BCUT2D eigenvalue weighted by Gasteiger charge is 2.34. The fraction of sp³-hybridized carbons (Fsp3) is 0.292. The third-order valence-corrected chi connectivity index (χ3v) is 6.28. The van der Waals surface area contributed by atoms with Crippen molar-refractivity contribution in [1.29, 1.82) is 0 Å². The van der Waals surface area contributed by atoms with Gasteiger partial charge >= 0.3 is 0 Å². The van der Waals surface area contributed by atoms with Crippen LogP contribution in [0, 0.1) is 5.92 Å². The van der Waals surface area contributed by atoms with Gasteiger partial charge in [0.15, 0.2) is 5.13 Å². The van der Waals surface area contributed by atoms with Crippen LogP contribution >= 0.6 is 11.3 Å². The van der Waals surface area contributed by atoms with Crippen molar-refractivity contribution in [3.8, 4) is 11.3 Å². The lowest BCUT2D eigenvalue weighted by Crippen LogP contribution is -2.28. The van der Waals surface area contributed by atoms with Crippen molar-refractivity contribution in [3.63, 3.8) is 0 Å². The molecule has 4 rings (SSSR count). The maximum Gasteiger partial charge on any atom is 0.231 e. The Labute approximate surface area is 196 Å². The Balaban J connectivity index is 1.35. The van der Waals surface area contributed by atoms with Crippen molar-refractivity contribution in [2.45, 2.75) is 32.9 Å². The lowest BCUT2D eigenvalue weighted by Gasteiger charge is -2.15. The third kappa shape index (κ3) is 5.61. The number of nitrogens with zero attached hydrogens (tertiary/aromatic N) is 3. The average molecular weight is 464 g/mol. The van der Waals surface area contributed by atoms with Gasteiger partial charge in [0, 0.05) is 37.0 Å². The molecule has 0 spiro atoms. The molecule has 1 aliphatic heterocycles. The molecule has 1 fully saturated rings. The minimum atomic E-state index is -0.414. The van der Waals surface area contributed by atoms with Gasteiger partial charge in [-0.05, 0) is 24.6 Å². The van der Waals surface area contributed by atoms with Crippen molar-refractivity contribution >= 4 is 34.2 Å². The molecule has 2 atom stereocenters. The molecule has 0 saturated carbocycles. The average Bonchev–Trinajstić information content (AvgIpc) is 3.41. The van der Waals surface area contributed by atoms with E-state index in [1.54, 1.807) is 11.1 Å². The SMILES string of the molecule is CC(=O)NC(C)c1ccc(-c2csc(NC(=O)C3CC(=O)N(Cc4ccccn4)C3)n2)cc1. The second kappa shape index (κ2) is 9.91. The van der Waals surface area contributed by atoms with Gasteiger partial charge in [-0.25, -0.2) is 4.98 Å². The van der Waals surface area contributed by atoms with Crippen LogP contribution < -0.4 is 10.6 Å². The predicted molar refractivity (Wildman–Crippen MR) is 126 cm³/mol. The first kappa shape index (κ1) is 22.6. The number of likely N-dealkylation sites (tertiary alicyclic amines) is 1. The maximum absolute atomic E-state index is 12.7. The molecule has 170 valence electrons. The fourth-order valence-electron chi connectivity index (χ4n) is 3.79. The molecule has 1 aromatic carbocycles. The number of nitrogens with one attached hydrogen (secondary N) is 2. The Kier molecular flexibility index (Phi) is 6.79. The number of hydrogen-bond acceptors (Lipinski definition) is 6. The van der Waals surface area contributed by atoms with Crippen molar-refractivity contribution in [3.05, 3.63) is 65.3 Å². The van der Waals surface area contributed by atoms with Gasteiger partial charge in [-0.15, -0.1) is 11.3 Å². The second-order valence-corrected chi connectivity index (χ2v) is 8.93. The summed E-state index contributed by atoms with van der Waals surface area (Å²) in [5.41, 5.74) is 3.48. The van der Waals surface area contributed by atoms with E-state index < -0.39 is 5.92 Å². The van der Waals surface area contributed by atoms with Gasteiger partial charge in [0.25, 0.3) is 0 Å². The van der Waals surface area contributed by atoms with E-state index in [1.165, 1.54) is 18.3 Å². The van der Waals surface area contributed by atoms with Crippen LogP contribution in [0.1, 0.15) is 37.6 Å². The molecule has 3 heterocycles. The molecule has 0 aliphatic carbocycles. The number of carbonyl (C=O) groups excluding carboxylic acids is 3. The normalized spacial score (nSPS) is 16.5. The van der Waals surface area contributed by atoms with Crippen LogP contribution in [0.25, 0.3) is 11.3 Å². The van der Waals surface area contributed by atoms with E-state index in [-0.39, 0.29) is 30.2 Å². The van der Waals surface area contributed by atoms with E-state index in [0.29, 0.717) is 18.2 Å². The fourth-order valence-corrected chi connectivity index (χ4v) is 4.51. The topological polar surface area (TPSA) is 104 Å². The van der Waals surface area contributed by atoms with Crippen LogP contribution in [0.4, 0.5) is 5.13 Å². The molecule has 8 nitrogen and oxygen atoms in total. The summed E-state index contributed by atoms with van der Waals surface area (Å²) < 4.78 is 0. The molecule has 9 heteroatoms. The third-order valence-electron chi connectivity index (χ3n) is 5.52. The van der Waals surface area contributed by atoms with E-state index in [1.807, 2.05) is 54.8 Å².